The van der Waals surface area contributed by atoms with E-state index in [0.29, 0.717) is 18.0 Å². The molecule has 0 saturated carbocycles. The summed E-state index contributed by atoms with van der Waals surface area (Å²) in [7, 11) is 1.53. The number of anilines is 1. The van der Waals surface area contributed by atoms with Crippen LogP contribution in [0.25, 0.3) is 0 Å². The van der Waals surface area contributed by atoms with Crippen LogP contribution in [0.5, 0.6) is 5.75 Å². The molecule has 6 heteroatoms. The Balaban J connectivity index is 2.18. The van der Waals surface area contributed by atoms with Crippen LogP contribution < -0.4 is 10.1 Å². The molecule has 0 unspecified atom stereocenters. The lowest BCUT2D eigenvalue weighted by atomic mass is 10.2. The fourth-order valence-corrected chi connectivity index (χ4v) is 1.65. The summed E-state index contributed by atoms with van der Waals surface area (Å²) in [5.41, 5.74) is 1.65. The number of nitrogens with zero attached hydrogens (tertiary/aromatic N) is 2. The Kier molecular flexibility index (Phi) is 3.92. The van der Waals surface area contributed by atoms with Crippen molar-refractivity contribution in [2.45, 2.75) is 6.54 Å². The number of pyridine rings is 1. The number of ether oxygens (including phenoxy) is 1. The van der Waals surface area contributed by atoms with E-state index in [0.717, 1.165) is 5.56 Å². The molecule has 0 radical (unpaired) electrons. The molecule has 2 aromatic rings. The molecule has 0 fully saturated rings. The topological polar surface area (TPSA) is 77.3 Å². The van der Waals surface area contributed by atoms with Crippen molar-refractivity contribution in [3.05, 3.63) is 58.4 Å². The van der Waals surface area contributed by atoms with Gasteiger partial charge in [0.2, 0.25) is 0 Å². The van der Waals surface area contributed by atoms with E-state index in [1.165, 1.54) is 19.2 Å². The molecule has 19 heavy (non-hydrogen) atoms. The first-order valence-corrected chi connectivity index (χ1v) is 5.66. The zero-order valence-electron chi connectivity index (χ0n) is 10.4. The van der Waals surface area contributed by atoms with E-state index in [1.807, 2.05) is 12.1 Å². The van der Waals surface area contributed by atoms with Crippen molar-refractivity contribution in [1.82, 2.24) is 4.98 Å². The van der Waals surface area contributed by atoms with Crippen LogP contribution in [0.1, 0.15) is 5.56 Å². The van der Waals surface area contributed by atoms with Gasteiger partial charge in [0.15, 0.2) is 0 Å². The number of nitro benzene ring substituents is 1. The van der Waals surface area contributed by atoms with E-state index in [4.69, 9.17) is 4.74 Å². The smallest absolute Gasteiger partial charge is 0.271 e. The molecule has 0 spiro atoms. The minimum Gasteiger partial charge on any atom is -0.495 e. The summed E-state index contributed by atoms with van der Waals surface area (Å²) in [5.74, 6) is 0.569. The molecule has 0 aliphatic heterocycles. The molecule has 0 amide bonds. The van der Waals surface area contributed by atoms with Gasteiger partial charge in [-0.05, 0) is 23.8 Å². The van der Waals surface area contributed by atoms with Gasteiger partial charge >= 0.3 is 0 Å². The summed E-state index contributed by atoms with van der Waals surface area (Å²) < 4.78 is 5.17. The Morgan fingerprint density at radius 2 is 2.05 bits per heavy atom. The van der Waals surface area contributed by atoms with Gasteiger partial charge in [-0.1, -0.05) is 0 Å². The maximum Gasteiger partial charge on any atom is 0.271 e. The highest BCUT2D eigenvalue weighted by molar-refractivity contribution is 5.61. The molecule has 0 bridgehead atoms. The van der Waals surface area contributed by atoms with Crippen LogP contribution in [0.2, 0.25) is 0 Å². The van der Waals surface area contributed by atoms with Gasteiger partial charge in [0, 0.05) is 31.1 Å². The third-order valence-corrected chi connectivity index (χ3v) is 2.63. The van der Waals surface area contributed by atoms with Crippen molar-refractivity contribution in [2.75, 3.05) is 12.4 Å². The number of rotatable bonds is 5. The maximum absolute atomic E-state index is 10.8. The number of nitro groups is 1. The number of methoxy groups -OCH3 is 1. The molecule has 6 nitrogen and oxygen atoms in total. The Hall–Kier alpha value is -2.63. The number of aromatic nitrogens is 1. The number of non-ortho nitro benzene ring substituents is 1. The van der Waals surface area contributed by atoms with E-state index in [1.54, 1.807) is 18.5 Å². The average Bonchev–Trinajstić information content (AvgIpc) is 2.45. The molecule has 1 N–H and O–H groups in total. The van der Waals surface area contributed by atoms with E-state index in [9.17, 15) is 10.1 Å². The number of benzene rings is 1. The normalized spacial score (nSPS) is 9.95. The first-order valence-electron chi connectivity index (χ1n) is 5.66. The molecule has 1 aromatic carbocycles. The van der Waals surface area contributed by atoms with Crippen LogP contribution in [0.3, 0.4) is 0 Å². The summed E-state index contributed by atoms with van der Waals surface area (Å²) in [6.45, 7) is 0.542. The monoisotopic (exact) mass is 259 g/mol. The fourth-order valence-electron chi connectivity index (χ4n) is 1.65. The van der Waals surface area contributed by atoms with Gasteiger partial charge in [-0.15, -0.1) is 0 Å². The summed E-state index contributed by atoms with van der Waals surface area (Å²) in [4.78, 5) is 14.3. The van der Waals surface area contributed by atoms with Crippen molar-refractivity contribution in [2.24, 2.45) is 0 Å². The third kappa shape index (κ3) is 3.19. The standard InChI is InChI=1S/C13H13N3O3/c1-19-13-3-2-11(16(17)18)8-12(13)15-9-10-4-6-14-7-5-10/h2-8,15H,9H2,1H3. The second kappa shape index (κ2) is 5.81. The lowest BCUT2D eigenvalue weighted by molar-refractivity contribution is -0.384. The molecule has 0 aliphatic carbocycles. The van der Waals surface area contributed by atoms with Crippen LogP contribution in [-0.4, -0.2) is 17.0 Å². The highest BCUT2D eigenvalue weighted by Gasteiger charge is 2.10. The van der Waals surface area contributed by atoms with Crippen molar-refractivity contribution in [3.8, 4) is 5.75 Å². The Morgan fingerprint density at radius 3 is 2.68 bits per heavy atom. The first kappa shape index (κ1) is 12.8. The van der Waals surface area contributed by atoms with Gasteiger partial charge in [0.25, 0.3) is 5.69 Å². The largest absolute Gasteiger partial charge is 0.495 e. The average molecular weight is 259 g/mol. The quantitative estimate of drug-likeness (QED) is 0.659. The highest BCUT2D eigenvalue weighted by Crippen LogP contribution is 2.29. The molecule has 0 atom stereocenters. The second-order valence-electron chi connectivity index (χ2n) is 3.85. The van der Waals surface area contributed by atoms with E-state index in [2.05, 4.69) is 10.3 Å². The predicted octanol–water partition coefficient (Wildman–Crippen LogP) is 2.61. The van der Waals surface area contributed by atoms with Gasteiger partial charge in [-0.2, -0.15) is 0 Å². The van der Waals surface area contributed by atoms with Crippen LogP contribution >= 0.6 is 0 Å². The predicted molar refractivity (Wildman–Crippen MR) is 71.2 cm³/mol. The van der Waals surface area contributed by atoms with Crippen LogP contribution in [0.4, 0.5) is 11.4 Å². The Labute approximate surface area is 110 Å². The first-order chi connectivity index (χ1) is 9.20. The highest BCUT2D eigenvalue weighted by atomic mass is 16.6. The molecule has 0 saturated heterocycles. The van der Waals surface area contributed by atoms with Gasteiger partial charge in [0.05, 0.1) is 17.7 Å². The summed E-state index contributed by atoms with van der Waals surface area (Å²) in [6.07, 6.45) is 3.39. The molecular weight excluding hydrogens is 246 g/mol. The molecule has 1 aromatic heterocycles. The van der Waals surface area contributed by atoms with Crippen molar-refractivity contribution in [3.63, 3.8) is 0 Å². The summed E-state index contributed by atoms with van der Waals surface area (Å²) in [6, 6.07) is 8.19. The number of hydrogen-bond acceptors (Lipinski definition) is 5. The maximum atomic E-state index is 10.8. The summed E-state index contributed by atoms with van der Waals surface area (Å²) in [5, 5.41) is 13.9. The SMILES string of the molecule is COc1ccc([N+](=O)[O-])cc1NCc1ccncc1. The van der Waals surface area contributed by atoms with Crippen LogP contribution in [-0.2, 0) is 6.54 Å². The Morgan fingerprint density at radius 1 is 1.32 bits per heavy atom. The van der Waals surface area contributed by atoms with Crippen molar-refractivity contribution >= 4 is 11.4 Å². The van der Waals surface area contributed by atoms with E-state index >= 15 is 0 Å². The zero-order valence-corrected chi connectivity index (χ0v) is 10.4. The van der Waals surface area contributed by atoms with Gasteiger partial charge in [-0.3, -0.25) is 15.1 Å². The van der Waals surface area contributed by atoms with E-state index < -0.39 is 4.92 Å². The van der Waals surface area contributed by atoms with Crippen LogP contribution in [0, 0.1) is 10.1 Å². The Bertz CT molecular complexity index is 573. The fraction of sp³-hybridized carbons (Fsp3) is 0.154. The summed E-state index contributed by atoms with van der Waals surface area (Å²) >= 11 is 0. The second-order valence-corrected chi connectivity index (χ2v) is 3.85. The minimum absolute atomic E-state index is 0.0260. The molecule has 1 heterocycles. The molecule has 2 rings (SSSR count). The molecule has 0 aliphatic rings. The van der Waals surface area contributed by atoms with Gasteiger partial charge in [0.1, 0.15) is 5.75 Å². The number of nitrogens with one attached hydrogen (secondary N) is 1. The lowest BCUT2D eigenvalue weighted by Gasteiger charge is -2.10. The third-order valence-electron chi connectivity index (χ3n) is 2.63. The van der Waals surface area contributed by atoms with Crippen molar-refractivity contribution in [1.29, 1.82) is 0 Å². The van der Waals surface area contributed by atoms with Gasteiger partial charge in [-0.25, -0.2) is 0 Å². The van der Waals surface area contributed by atoms with Crippen LogP contribution in [0.15, 0.2) is 42.7 Å². The molecular formula is C13H13N3O3. The van der Waals surface area contributed by atoms with Gasteiger partial charge < -0.3 is 10.1 Å². The minimum atomic E-state index is -0.433. The lowest BCUT2D eigenvalue weighted by Crippen LogP contribution is -2.02. The number of hydrogen-bond donors (Lipinski definition) is 1. The van der Waals surface area contributed by atoms with Crippen molar-refractivity contribution < 1.29 is 9.66 Å². The molecule has 98 valence electrons. The van der Waals surface area contributed by atoms with E-state index in [-0.39, 0.29) is 5.69 Å². The zero-order chi connectivity index (χ0) is 13.7.